The lowest BCUT2D eigenvalue weighted by Gasteiger charge is -2.11. The summed E-state index contributed by atoms with van der Waals surface area (Å²) in [4.78, 5) is 5.65. The van der Waals surface area contributed by atoms with Crippen LogP contribution in [0.15, 0.2) is 18.2 Å². The molecule has 0 bridgehead atoms. The fourth-order valence-electron chi connectivity index (χ4n) is 2.04. The predicted molar refractivity (Wildman–Crippen MR) is 84.0 cm³/mol. The number of thiazole rings is 1. The minimum Gasteiger partial charge on any atom is -0.309 e. The number of benzene rings is 1. The van der Waals surface area contributed by atoms with E-state index in [9.17, 15) is 4.39 Å². The van der Waals surface area contributed by atoms with Gasteiger partial charge in [-0.25, -0.2) is 9.37 Å². The van der Waals surface area contributed by atoms with Crippen molar-refractivity contribution in [1.29, 1.82) is 0 Å². The van der Waals surface area contributed by atoms with Gasteiger partial charge in [0.25, 0.3) is 0 Å². The number of nitrogens with one attached hydrogen (secondary N) is 1. The first-order chi connectivity index (χ1) is 9.52. The van der Waals surface area contributed by atoms with Crippen LogP contribution >= 0.6 is 22.9 Å². The minimum atomic E-state index is -0.327. The third kappa shape index (κ3) is 3.37. The van der Waals surface area contributed by atoms with E-state index in [-0.39, 0.29) is 11.9 Å². The van der Waals surface area contributed by atoms with Crippen LogP contribution in [0.25, 0.3) is 10.6 Å². The number of nitrogens with zero attached hydrogens (tertiary/aromatic N) is 1. The van der Waals surface area contributed by atoms with E-state index in [1.165, 1.54) is 17.4 Å². The molecule has 1 N–H and O–H groups in total. The Hall–Kier alpha value is -0.970. The SMILES string of the molecule is CCCNC(C)c1sc(-c2ccc(Cl)cc2F)nc1C. The summed E-state index contributed by atoms with van der Waals surface area (Å²) in [6, 6.07) is 4.93. The van der Waals surface area contributed by atoms with Crippen LogP contribution in [0.1, 0.15) is 36.9 Å². The van der Waals surface area contributed by atoms with Crippen molar-refractivity contribution in [3.8, 4) is 10.6 Å². The Morgan fingerprint density at radius 1 is 1.45 bits per heavy atom. The van der Waals surface area contributed by atoms with Crippen LogP contribution in [0, 0.1) is 12.7 Å². The van der Waals surface area contributed by atoms with Crippen LogP contribution in [0.3, 0.4) is 0 Å². The van der Waals surface area contributed by atoms with Crippen molar-refractivity contribution in [2.45, 2.75) is 33.2 Å². The molecule has 2 aromatic rings. The molecule has 0 spiro atoms. The normalized spacial score (nSPS) is 12.7. The van der Waals surface area contributed by atoms with E-state index < -0.39 is 0 Å². The van der Waals surface area contributed by atoms with Crippen molar-refractivity contribution >= 4 is 22.9 Å². The van der Waals surface area contributed by atoms with Crippen LogP contribution in [0.5, 0.6) is 0 Å². The zero-order valence-electron chi connectivity index (χ0n) is 11.8. The molecule has 1 unspecified atom stereocenters. The molecule has 5 heteroatoms. The smallest absolute Gasteiger partial charge is 0.134 e. The first kappa shape index (κ1) is 15.4. The molecule has 20 heavy (non-hydrogen) atoms. The van der Waals surface area contributed by atoms with Gasteiger partial charge in [-0.1, -0.05) is 18.5 Å². The third-order valence-electron chi connectivity index (χ3n) is 3.09. The Kier molecular flexibility index (Phi) is 5.13. The van der Waals surface area contributed by atoms with Crippen molar-refractivity contribution in [2.75, 3.05) is 6.54 Å². The molecule has 1 aromatic carbocycles. The third-order valence-corrected chi connectivity index (χ3v) is 4.70. The molecule has 0 amide bonds. The van der Waals surface area contributed by atoms with Crippen molar-refractivity contribution in [3.63, 3.8) is 0 Å². The molecule has 2 rings (SSSR count). The van der Waals surface area contributed by atoms with E-state index in [1.807, 2.05) is 6.92 Å². The zero-order chi connectivity index (χ0) is 14.7. The highest BCUT2D eigenvalue weighted by molar-refractivity contribution is 7.15. The van der Waals surface area contributed by atoms with E-state index in [0.717, 1.165) is 23.5 Å². The maximum atomic E-state index is 13.9. The summed E-state index contributed by atoms with van der Waals surface area (Å²) in [6.45, 7) is 7.17. The molecule has 0 aliphatic heterocycles. The molecule has 0 saturated heterocycles. The largest absolute Gasteiger partial charge is 0.309 e. The van der Waals surface area contributed by atoms with Crippen molar-refractivity contribution in [2.24, 2.45) is 0 Å². The number of hydrogen-bond donors (Lipinski definition) is 1. The van der Waals surface area contributed by atoms with Crippen LogP contribution in [0.4, 0.5) is 4.39 Å². The van der Waals surface area contributed by atoms with Gasteiger partial charge >= 0.3 is 0 Å². The summed E-state index contributed by atoms with van der Waals surface area (Å²) in [5.41, 5.74) is 1.46. The molecule has 108 valence electrons. The Balaban J connectivity index is 2.30. The highest BCUT2D eigenvalue weighted by atomic mass is 35.5. The molecular formula is C15H18ClFN2S. The van der Waals surface area contributed by atoms with E-state index in [2.05, 4.69) is 24.1 Å². The van der Waals surface area contributed by atoms with Gasteiger partial charge in [-0.15, -0.1) is 11.3 Å². The highest BCUT2D eigenvalue weighted by Gasteiger charge is 2.16. The second kappa shape index (κ2) is 6.66. The summed E-state index contributed by atoms with van der Waals surface area (Å²) in [6.07, 6.45) is 1.08. The van der Waals surface area contributed by atoms with Gasteiger partial charge in [0, 0.05) is 21.5 Å². The van der Waals surface area contributed by atoms with Crippen molar-refractivity contribution in [3.05, 3.63) is 39.6 Å². The standard InChI is InChI=1S/C15H18ClFN2S/c1-4-7-18-9(2)14-10(3)19-15(20-14)12-6-5-11(16)8-13(12)17/h5-6,8-9,18H,4,7H2,1-3H3. The second-order valence-electron chi connectivity index (χ2n) is 4.77. The van der Waals surface area contributed by atoms with Crippen LogP contribution in [-0.2, 0) is 0 Å². The molecule has 0 aliphatic carbocycles. The number of halogens is 2. The summed E-state index contributed by atoms with van der Waals surface area (Å²) in [5.74, 6) is -0.327. The van der Waals surface area contributed by atoms with Gasteiger partial charge in [-0.3, -0.25) is 0 Å². The fourth-order valence-corrected chi connectivity index (χ4v) is 3.32. The minimum absolute atomic E-state index is 0.233. The maximum absolute atomic E-state index is 13.9. The fraction of sp³-hybridized carbons (Fsp3) is 0.400. The Morgan fingerprint density at radius 2 is 2.20 bits per heavy atom. The Labute approximate surface area is 128 Å². The van der Waals surface area contributed by atoms with E-state index in [0.29, 0.717) is 15.6 Å². The average molecular weight is 313 g/mol. The lowest BCUT2D eigenvalue weighted by Crippen LogP contribution is -2.18. The molecule has 1 atom stereocenters. The first-order valence-electron chi connectivity index (χ1n) is 6.69. The molecule has 0 aliphatic rings. The van der Waals surface area contributed by atoms with Gasteiger partial charge < -0.3 is 5.32 Å². The number of aromatic nitrogens is 1. The maximum Gasteiger partial charge on any atom is 0.134 e. The summed E-state index contributed by atoms with van der Waals surface area (Å²) in [5, 5.41) is 4.54. The van der Waals surface area contributed by atoms with Crippen molar-refractivity contribution in [1.82, 2.24) is 10.3 Å². The first-order valence-corrected chi connectivity index (χ1v) is 7.88. The van der Waals surface area contributed by atoms with E-state index >= 15 is 0 Å². The van der Waals surface area contributed by atoms with Crippen LogP contribution in [-0.4, -0.2) is 11.5 Å². The number of aryl methyl sites for hydroxylation is 1. The van der Waals surface area contributed by atoms with E-state index in [4.69, 9.17) is 11.6 Å². The zero-order valence-corrected chi connectivity index (χ0v) is 13.4. The highest BCUT2D eigenvalue weighted by Crippen LogP contribution is 2.33. The summed E-state index contributed by atoms with van der Waals surface area (Å²) < 4.78 is 13.9. The molecule has 0 saturated carbocycles. The van der Waals surface area contributed by atoms with Gasteiger partial charge in [-0.05, 0) is 45.0 Å². The summed E-state index contributed by atoms with van der Waals surface area (Å²) in [7, 11) is 0. The Morgan fingerprint density at radius 3 is 2.85 bits per heavy atom. The number of rotatable bonds is 5. The van der Waals surface area contributed by atoms with Crippen LogP contribution < -0.4 is 5.32 Å². The van der Waals surface area contributed by atoms with Gasteiger partial charge in [0.15, 0.2) is 0 Å². The summed E-state index contributed by atoms with van der Waals surface area (Å²) >= 11 is 7.32. The monoisotopic (exact) mass is 312 g/mol. The quantitative estimate of drug-likeness (QED) is 0.843. The molecule has 1 heterocycles. The molecule has 0 radical (unpaired) electrons. The molecular weight excluding hydrogens is 295 g/mol. The Bertz CT molecular complexity index is 598. The lowest BCUT2D eigenvalue weighted by molar-refractivity contribution is 0.575. The number of hydrogen-bond acceptors (Lipinski definition) is 3. The van der Waals surface area contributed by atoms with E-state index in [1.54, 1.807) is 12.1 Å². The van der Waals surface area contributed by atoms with Gasteiger partial charge in [-0.2, -0.15) is 0 Å². The van der Waals surface area contributed by atoms with Gasteiger partial charge in [0.05, 0.1) is 5.69 Å². The topological polar surface area (TPSA) is 24.9 Å². The molecule has 1 aromatic heterocycles. The van der Waals surface area contributed by atoms with Gasteiger partial charge in [0.2, 0.25) is 0 Å². The average Bonchev–Trinajstić information content (AvgIpc) is 2.78. The van der Waals surface area contributed by atoms with Crippen molar-refractivity contribution < 1.29 is 4.39 Å². The molecule has 0 fully saturated rings. The van der Waals surface area contributed by atoms with Crippen LogP contribution in [0.2, 0.25) is 5.02 Å². The predicted octanol–water partition coefficient (Wildman–Crippen LogP) is 4.97. The lowest BCUT2D eigenvalue weighted by atomic mass is 10.2. The molecule has 2 nitrogen and oxygen atoms in total. The second-order valence-corrected chi connectivity index (χ2v) is 6.24. The van der Waals surface area contributed by atoms with Gasteiger partial charge in [0.1, 0.15) is 10.8 Å².